The minimum atomic E-state index is -1.14. The monoisotopic (exact) mass is 380 g/mol. The van der Waals surface area contributed by atoms with E-state index in [0.717, 1.165) is 0 Å². The average Bonchev–Trinajstić information content (AvgIpc) is 3.28. The molecule has 0 radical (unpaired) electrons. The molecule has 2 aromatic carbocycles. The van der Waals surface area contributed by atoms with Gasteiger partial charge in [-0.2, -0.15) is 0 Å². The summed E-state index contributed by atoms with van der Waals surface area (Å²) in [6.45, 7) is 3.76. The van der Waals surface area contributed by atoms with E-state index in [4.69, 9.17) is 13.6 Å². The molecule has 2 heterocycles. The Balaban J connectivity index is 1.99. The van der Waals surface area contributed by atoms with Crippen molar-refractivity contribution in [2.24, 2.45) is 0 Å². The van der Waals surface area contributed by atoms with Crippen LogP contribution in [0.3, 0.4) is 0 Å². The second kappa shape index (κ2) is 6.88. The summed E-state index contributed by atoms with van der Waals surface area (Å²) in [4.78, 5) is 12.0. The van der Waals surface area contributed by atoms with Gasteiger partial charge in [0, 0.05) is 10.9 Å². The van der Waals surface area contributed by atoms with Crippen LogP contribution in [-0.2, 0) is 0 Å². The Morgan fingerprint density at radius 3 is 2.50 bits per heavy atom. The van der Waals surface area contributed by atoms with E-state index < -0.39 is 11.8 Å². The first kappa shape index (κ1) is 17.9. The summed E-state index contributed by atoms with van der Waals surface area (Å²) in [5.41, 5.74) is 1.50. The highest BCUT2D eigenvalue weighted by molar-refractivity contribution is 6.09. The Bertz CT molecular complexity index is 1140. The number of carboxylic acids is 1. The molecule has 0 spiro atoms. The zero-order valence-corrected chi connectivity index (χ0v) is 15.2. The molecule has 4 rings (SSSR count). The molecule has 5 nitrogen and oxygen atoms in total. The number of rotatable bonds is 5. The van der Waals surface area contributed by atoms with Crippen molar-refractivity contribution in [1.82, 2.24) is 0 Å². The molecule has 0 saturated carbocycles. The van der Waals surface area contributed by atoms with Crippen LogP contribution in [0.4, 0.5) is 4.39 Å². The van der Waals surface area contributed by atoms with Crippen molar-refractivity contribution >= 4 is 16.9 Å². The number of halogens is 1. The third-order valence-electron chi connectivity index (χ3n) is 4.26. The van der Waals surface area contributed by atoms with Crippen LogP contribution in [0.2, 0.25) is 0 Å². The number of fused-ring (bicyclic) bond motifs is 1. The molecule has 28 heavy (non-hydrogen) atoms. The lowest BCUT2D eigenvalue weighted by molar-refractivity contribution is 0.0699. The first-order chi connectivity index (χ1) is 13.4. The summed E-state index contributed by atoms with van der Waals surface area (Å²) in [5.74, 6) is -0.320. The standard InChI is InChI=1S/C22H17FO5/c1-12(2)27-18-11-16-19(10-15(18)17-4-3-9-26-17)28-21(20(16)22(24)25)13-5-7-14(23)8-6-13/h3-12H,1-2H3,(H,24,25). The van der Waals surface area contributed by atoms with E-state index in [-0.39, 0.29) is 17.4 Å². The fourth-order valence-corrected chi connectivity index (χ4v) is 3.12. The molecule has 0 atom stereocenters. The van der Waals surface area contributed by atoms with Crippen molar-refractivity contribution in [1.29, 1.82) is 0 Å². The van der Waals surface area contributed by atoms with Gasteiger partial charge in [0.1, 0.15) is 34.2 Å². The molecule has 0 bridgehead atoms. The van der Waals surface area contributed by atoms with Crippen LogP contribution in [0, 0.1) is 5.82 Å². The van der Waals surface area contributed by atoms with Crippen molar-refractivity contribution < 1.29 is 27.9 Å². The molecular formula is C22H17FO5. The Morgan fingerprint density at radius 2 is 1.89 bits per heavy atom. The van der Waals surface area contributed by atoms with Crippen LogP contribution < -0.4 is 4.74 Å². The molecule has 142 valence electrons. The van der Waals surface area contributed by atoms with Crippen molar-refractivity contribution in [2.75, 3.05) is 0 Å². The molecule has 0 aliphatic rings. The van der Waals surface area contributed by atoms with Crippen molar-refractivity contribution in [3.63, 3.8) is 0 Å². The molecule has 6 heteroatoms. The zero-order chi connectivity index (χ0) is 19.8. The van der Waals surface area contributed by atoms with E-state index >= 15 is 0 Å². The number of ether oxygens (including phenoxy) is 1. The van der Waals surface area contributed by atoms with E-state index in [1.165, 1.54) is 24.3 Å². The smallest absolute Gasteiger partial charge is 0.340 e. The van der Waals surface area contributed by atoms with E-state index in [1.54, 1.807) is 30.5 Å². The Labute approximate surface area is 160 Å². The van der Waals surface area contributed by atoms with Gasteiger partial charge in [0.2, 0.25) is 0 Å². The third-order valence-corrected chi connectivity index (χ3v) is 4.26. The number of benzene rings is 2. The van der Waals surface area contributed by atoms with Gasteiger partial charge in [0.15, 0.2) is 0 Å². The van der Waals surface area contributed by atoms with Crippen molar-refractivity contribution in [3.05, 3.63) is 66.2 Å². The second-order valence-corrected chi connectivity index (χ2v) is 6.61. The number of carboxylic acid groups (broad SMARTS) is 1. The van der Waals surface area contributed by atoms with E-state index in [9.17, 15) is 14.3 Å². The van der Waals surface area contributed by atoms with Crippen molar-refractivity contribution in [3.8, 4) is 28.4 Å². The quantitative estimate of drug-likeness (QED) is 0.461. The SMILES string of the molecule is CC(C)Oc1cc2c(C(=O)O)c(-c3ccc(F)cc3)oc2cc1-c1ccco1. The summed E-state index contributed by atoms with van der Waals surface area (Å²) in [6.07, 6.45) is 1.43. The summed E-state index contributed by atoms with van der Waals surface area (Å²) in [7, 11) is 0. The second-order valence-electron chi connectivity index (χ2n) is 6.61. The summed E-state index contributed by atoms with van der Waals surface area (Å²) in [5, 5.41) is 10.2. The van der Waals surface area contributed by atoms with Crippen LogP contribution >= 0.6 is 0 Å². The summed E-state index contributed by atoms with van der Waals surface area (Å²) >= 11 is 0. The largest absolute Gasteiger partial charge is 0.490 e. The first-order valence-corrected chi connectivity index (χ1v) is 8.74. The maximum atomic E-state index is 13.3. The lowest BCUT2D eigenvalue weighted by atomic mass is 10.0. The van der Waals surface area contributed by atoms with Crippen LogP contribution in [0.5, 0.6) is 5.75 Å². The van der Waals surface area contributed by atoms with Gasteiger partial charge in [-0.1, -0.05) is 0 Å². The lowest BCUT2D eigenvalue weighted by Crippen LogP contribution is -2.06. The number of carbonyl (C=O) groups is 1. The molecule has 2 aromatic heterocycles. The van der Waals surface area contributed by atoms with Gasteiger partial charge < -0.3 is 18.7 Å². The van der Waals surface area contributed by atoms with Crippen LogP contribution in [0.1, 0.15) is 24.2 Å². The van der Waals surface area contributed by atoms with Gasteiger partial charge in [-0.15, -0.1) is 0 Å². The minimum Gasteiger partial charge on any atom is -0.490 e. The van der Waals surface area contributed by atoms with Gasteiger partial charge >= 0.3 is 5.97 Å². The lowest BCUT2D eigenvalue weighted by Gasteiger charge is -2.13. The number of hydrogen-bond donors (Lipinski definition) is 1. The van der Waals surface area contributed by atoms with Crippen LogP contribution in [0.15, 0.2) is 63.6 Å². The van der Waals surface area contributed by atoms with Crippen LogP contribution in [-0.4, -0.2) is 17.2 Å². The molecule has 0 aliphatic carbocycles. The van der Waals surface area contributed by atoms with E-state index in [1.807, 2.05) is 13.8 Å². The van der Waals surface area contributed by atoms with Gasteiger partial charge in [0.05, 0.1) is 17.9 Å². The maximum Gasteiger partial charge on any atom is 0.340 e. The summed E-state index contributed by atoms with van der Waals surface area (Å²) in [6, 6.07) is 12.4. The minimum absolute atomic E-state index is 0.00112. The number of aromatic carboxylic acids is 1. The molecule has 0 fully saturated rings. The number of furan rings is 2. The van der Waals surface area contributed by atoms with Gasteiger partial charge in [-0.05, 0) is 62.4 Å². The van der Waals surface area contributed by atoms with Crippen molar-refractivity contribution in [2.45, 2.75) is 20.0 Å². The van der Waals surface area contributed by atoms with Crippen LogP contribution in [0.25, 0.3) is 33.6 Å². The topological polar surface area (TPSA) is 72.8 Å². The Kier molecular flexibility index (Phi) is 4.39. The number of hydrogen-bond acceptors (Lipinski definition) is 4. The first-order valence-electron chi connectivity index (χ1n) is 8.74. The molecule has 0 saturated heterocycles. The fraction of sp³-hybridized carbons (Fsp3) is 0.136. The predicted octanol–water partition coefficient (Wildman–Crippen LogP) is 5.98. The summed E-state index contributed by atoms with van der Waals surface area (Å²) < 4.78 is 30.6. The molecule has 4 aromatic rings. The molecule has 0 unspecified atom stereocenters. The average molecular weight is 380 g/mol. The third kappa shape index (κ3) is 3.13. The van der Waals surface area contributed by atoms with E-state index in [0.29, 0.717) is 33.6 Å². The predicted molar refractivity (Wildman–Crippen MR) is 102 cm³/mol. The molecular weight excluding hydrogens is 363 g/mol. The van der Waals surface area contributed by atoms with Gasteiger partial charge in [-0.25, -0.2) is 9.18 Å². The van der Waals surface area contributed by atoms with Gasteiger partial charge in [-0.3, -0.25) is 0 Å². The highest BCUT2D eigenvalue weighted by Gasteiger charge is 2.24. The molecule has 0 aliphatic heterocycles. The zero-order valence-electron chi connectivity index (χ0n) is 15.2. The van der Waals surface area contributed by atoms with Gasteiger partial charge in [0.25, 0.3) is 0 Å². The molecule has 0 amide bonds. The Morgan fingerprint density at radius 1 is 1.14 bits per heavy atom. The normalized spacial score (nSPS) is 11.3. The fourth-order valence-electron chi connectivity index (χ4n) is 3.12. The highest BCUT2D eigenvalue weighted by atomic mass is 19.1. The van der Waals surface area contributed by atoms with E-state index in [2.05, 4.69) is 0 Å². The Hall–Kier alpha value is -3.54. The maximum absolute atomic E-state index is 13.3. The molecule has 1 N–H and O–H groups in total. The highest BCUT2D eigenvalue weighted by Crippen LogP contribution is 2.41.